The normalized spacial score (nSPS) is 24.6. The van der Waals surface area contributed by atoms with Crippen molar-refractivity contribution in [2.75, 3.05) is 0 Å². The molecule has 1 aliphatic rings. The van der Waals surface area contributed by atoms with E-state index in [1.165, 1.54) is 28.6 Å². The van der Waals surface area contributed by atoms with Gasteiger partial charge in [-0.25, -0.2) is 0 Å². The molecule has 0 bridgehead atoms. The first-order valence-electron chi connectivity index (χ1n) is 5.54. The Morgan fingerprint density at radius 2 is 2.40 bits per heavy atom. The van der Waals surface area contributed by atoms with Crippen LogP contribution in [0.25, 0.3) is 0 Å². The number of nitrogens with one attached hydrogen (secondary N) is 1. The molecule has 0 aliphatic heterocycles. The molecule has 1 N–H and O–H groups in total. The lowest BCUT2D eigenvalue weighted by Gasteiger charge is -2.27. The molecule has 1 atom stereocenters. The molecule has 0 amide bonds. The van der Waals surface area contributed by atoms with E-state index >= 15 is 0 Å². The van der Waals surface area contributed by atoms with E-state index in [1.54, 1.807) is 11.3 Å². The summed E-state index contributed by atoms with van der Waals surface area (Å²) < 4.78 is 1.23. The van der Waals surface area contributed by atoms with Gasteiger partial charge in [0.2, 0.25) is 0 Å². The Kier molecular flexibility index (Phi) is 3.53. The number of halogens is 1. The molecule has 2 rings (SSSR count). The van der Waals surface area contributed by atoms with E-state index in [-0.39, 0.29) is 0 Å². The van der Waals surface area contributed by atoms with Crippen LogP contribution >= 0.6 is 27.3 Å². The molecule has 1 aliphatic carbocycles. The van der Waals surface area contributed by atoms with Gasteiger partial charge in [0, 0.05) is 12.6 Å². The molecule has 0 aromatic carbocycles. The fourth-order valence-corrected chi connectivity index (χ4v) is 3.59. The lowest BCUT2D eigenvalue weighted by Crippen LogP contribution is -2.37. The third kappa shape index (κ3) is 2.83. The van der Waals surface area contributed by atoms with Crippen molar-refractivity contribution in [3.63, 3.8) is 0 Å². The summed E-state index contributed by atoms with van der Waals surface area (Å²) in [7, 11) is 0. The molecule has 1 nitrogen and oxygen atoms in total. The maximum absolute atomic E-state index is 3.69. The van der Waals surface area contributed by atoms with Crippen LogP contribution in [0.2, 0.25) is 0 Å². The SMILES string of the molecule is CC1(C)CCCC1NCc1csc(Br)c1. The smallest absolute Gasteiger partial charge is 0.0701 e. The van der Waals surface area contributed by atoms with E-state index in [1.807, 2.05) is 0 Å². The highest BCUT2D eigenvalue weighted by Crippen LogP contribution is 2.37. The van der Waals surface area contributed by atoms with Crippen molar-refractivity contribution < 1.29 is 0 Å². The second kappa shape index (κ2) is 4.56. The Morgan fingerprint density at radius 1 is 1.60 bits per heavy atom. The number of thiophene rings is 1. The van der Waals surface area contributed by atoms with Crippen molar-refractivity contribution in [2.45, 2.75) is 45.7 Å². The van der Waals surface area contributed by atoms with E-state index < -0.39 is 0 Å². The number of rotatable bonds is 3. The Bertz CT molecular complexity index is 332. The third-order valence-electron chi connectivity index (χ3n) is 3.43. The highest BCUT2D eigenvalue weighted by atomic mass is 79.9. The minimum atomic E-state index is 0.479. The molecular weight excluding hydrogens is 270 g/mol. The molecule has 0 spiro atoms. The lowest BCUT2D eigenvalue weighted by molar-refractivity contribution is 0.282. The standard InChI is InChI=1S/C12H18BrNS/c1-12(2)5-3-4-10(12)14-7-9-6-11(13)15-8-9/h6,8,10,14H,3-5,7H2,1-2H3. The van der Waals surface area contributed by atoms with Crippen molar-refractivity contribution >= 4 is 27.3 Å². The summed E-state index contributed by atoms with van der Waals surface area (Å²) in [5, 5.41) is 5.91. The molecule has 3 heteroatoms. The second-order valence-corrected chi connectivity index (χ2v) is 7.36. The van der Waals surface area contributed by atoms with Crippen LogP contribution in [-0.4, -0.2) is 6.04 Å². The molecule has 1 saturated carbocycles. The molecule has 0 saturated heterocycles. The summed E-state index contributed by atoms with van der Waals surface area (Å²) >= 11 is 5.26. The highest BCUT2D eigenvalue weighted by Gasteiger charge is 2.33. The van der Waals surface area contributed by atoms with Gasteiger partial charge in [-0.2, -0.15) is 0 Å². The lowest BCUT2D eigenvalue weighted by atomic mass is 9.87. The van der Waals surface area contributed by atoms with Gasteiger partial charge in [-0.15, -0.1) is 11.3 Å². The highest BCUT2D eigenvalue weighted by molar-refractivity contribution is 9.11. The van der Waals surface area contributed by atoms with Gasteiger partial charge >= 0.3 is 0 Å². The van der Waals surface area contributed by atoms with E-state index in [9.17, 15) is 0 Å². The summed E-state index contributed by atoms with van der Waals surface area (Å²) in [6.45, 7) is 5.76. The summed E-state index contributed by atoms with van der Waals surface area (Å²) in [5.41, 5.74) is 1.88. The molecule has 0 radical (unpaired) electrons. The van der Waals surface area contributed by atoms with E-state index in [0.717, 1.165) is 6.54 Å². The predicted molar refractivity (Wildman–Crippen MR) is 70.3 cm³/mol. The van der Waals surface area contributed by atoms with Crippen molar-refractivity contribution in [1.82, 2.24) is 5.32 Å². The molecule has 84 valence electrons. The first kappa shape index (κ1) is 11.6. The average Bonchev–Trinajstić information content (AvgIpc) is 2.69. The van der Waals surface area contributed by atoms with E-state index in [2.05, 4.69) is 46.5 Å². The zero-order valence-corrected chi connectivity index (χ0v) is 11.7. The van der Waals surface area contributed by atoms with Crippen molar-refractivity contribution in [3.8, 4) is 0 Å². The van der Waals surface area contributed by atoms with Crippen molar-refractivity contribution in [3.05, 3.63) is 20.8 Å². The van der Waals surface area contributed by atoms with Gasteiger partial charge in [0.05, 0.1) is 3.79 Å². The fourth-order valence-electron chi connectivity index (χ4n) is 2.38. The number of hydrogen-bond acceptors (Lipinski definition) is 2. The monoisotopic (exact) mass is 287 g/mol. The Hall–Kier alpha value is 0.140. The number of hydrogen-bond donors (Lipinski definition) is 1. The van der Waals surface area contributed by atoms with Gasteiger partial charge in [0.1, 0.15) is 0 Å². The van der Waals surface area contributed by atoms with Crippen LogP contribution in [-0.2, 0) is 6.54 Å². The van der Waals surface area contributed by atoms with E-state index in [4.69, 9.17) is 0 Å². The predicted octanol–water partition coefficient (Wildman–Crippen LogP) is 4.18. The molecule has 1 heterocycles. The first-order chi connectivity index (χ1) is 7.08. The third-order valence-corrected chi connectivity index (χ3v) is 4.98. The molecule has 15 heavy (non-hydrogen) atoms. The van der Waals surface area contributed by atoms with Crippen LogP contribution in [0, 0.1) is 5.41 Å². The summed E-state index contributed by atoms with van der Waals surface area (Å²) in [4.78, 5) is 0. The second-order valence-electron chi connectivity index (χ2n) is 5.07. The van der Waals surface area contributed by atoms with Gasteiger partial charge in [-0.05, 0) is 51.2 Å². The van der Waals surface area contributed by atoms with Crippen LogP contribution < -0.4 is 5.32 Å². The van der Waals surface area contributed by atoms with Gasteiger partial charge in [-0.1, -0.05) is 20.3 Å². The first-order valence-corrected chi connectivity index (χ1v) is 7.21. The maximum atomic E-state index is 3.69. The quantitative estimate of drug-likeness (QED) is 0.880. The summed E-state index contributed by atoms with van der Waals surface area (Å²) in [6, 6.07) is 2.90. The fraction of sp³-hybridized carbons (Fsp3) is 0.667. The van der Waals surface area contributed by atoms with Crippen LogP contribution in [0.1, 0.15) is 38.7 Å². The minimum Gasteiger partial charge on any atom is -0.309 e. The zero-order valence-electron chi connectivity index (χ0n) is 9.35. The van der Waals surface area contributed by atoms with Gasteiger partial charge in [0.25, 0.3) is 0 Å². The van der Waals surface area contributed by atoms with Gasteiger partial charge in [-0.3, -0.25) is 0 Å². The summed E-state index contributed by atoms with van der Waals surface area (Å²) in [6.07, 6.45) is 4.06. The Balaban J connectivity index is 1.88. The largest absolute Gasteiger partial charge is 0.309 e. The zero-order chi connectivity index (χ0) is 10.9. The molecule has 1 aromatic heterocycles. The van der Waals surface area contributed by atoms with E-state index in [0.29, 0.717) is 11.5 Å². The summed E-state index contributed by atoms with van der Waals surface area (Å²) in [5.74, 6) is 0. The minimum absolute atomic E-state index is 0.479. The Morgan fingerprint density at radius 3 is 2.93 bits per heavy atom. The van der Waals surface area contributed by atoms with Crippen LogP contribution in [0.15, 0.2) is 15.2 Å². The molecular formula is C12H18BrNS. The van der Waals surface area contributed by atoms with Gasteiger partial charge in [0.15, 0.2) is 0 Å². The van der Waals surface area contributed by atoms with Crippen LogP contribution in [0.3, 0.4) is 0 Å². The van der Waals surface area contributed by atoms with Crippen molar-refractivity contribution in [1.29, 1.82) is 0 Å². The molecule has 1 unspecified atom stereocenters. The average molecular weight is 288 g/mol. The van der Waals surface area contributed by atoms with Crippen molar-refractivity contribution in [2.24, 2.45) is 5.41 Å². The molecule has 1 fully saturated rings. The van der Waals surface area contributed by atoms with Crippen LogP contribution in [0.5, 0.6) is 0 Å². The molecule has 1 aromatic rings. The maximum Gasteiger partial charge on any atom is 0.0701 e. The Labute approximate surface area is 104 Å². The van der Waals surface area contributed by atoms with Gasteiger partial charge < -0.3 is 5.32 Å². The topological polar surface area (TPSA) is 12.0 Å². The van der Waals surface area contributed by atoms with Crippen LogP contribution in [0.4, 0.5) is 0 Å².